The van der Waals surface area contributed by atoms with Crippen LogP contribution in [0.1, 0.15) is 46.5 Å². The predicted molar refractivity (Wildman–Crippen MR) is 152 cm³/mol. The molecule has 2 spiro atoms. The minimum atomic E-state index is -0.630. The van der Waals surface area contributed by atoms with Gasteiger partial charge in [0.05, 0.1) is 30.8 Å². The molecular weight excluding hydrogens is 540 g/mol. The number of hydrogen-bond donors (Lipinski definition) is 0. The normalized spacial score (nSPS) is 45.0. The van der Waals surface area contributed by atoms with E-state index in [1.807, 2.05) is 6.92 Å². The van der Waals surface area contributed by atoms with Crippen LogP contribution in [0.25, 0.3) is 0 Å². The molecule has 8 atom stereocenters. The Morgan fingerprint density at radius 3 is 2.38 bits per heavy atom. The first-order chi connectivity index (χ1) is 20.1. The van der Waals surface area contributed by atoms with E-state index < -0.39 is 40.5 Å². The lowest BCUT2D eigenvalue weighted by molar-refractivity contribution is -0.234. The zero-order valence-corrected chi connectivity index (χ0v) is 25.2. The number of allylic oxidation sites excluding steroid dienone is 3. The van der Waals surface area contributed by atoms with Crippen LogP contribution in [-0.2, 0) is 38.1 Å². The van der Waals surface area contributed by atoms with E-state index in [9.17, 15) is 14.4 Å². The Morgan fingerprint density at radius 2 is 1.67 bits per heavy atom. The van der Waals surface area contributed by atoms with Crippen molar-refractivity contribution in [1.29, 1.82) is 0 Å². The van der Waals surface area contributed by atoms with Crippen LogP contribution in [0.2, 0.25) is 0 Å². The van der Waals surface area contributed by atoms with Gasteiger partial charge in [-0.2, -0.15) is 0 Å². The number of carbonyl (C=O) groups is 3. The minimum Gasteiger partial charge on any atom is -0.464 e. The van der Waals surface area contributed by atoms with E-state index in [1.54, 1.807) is 0 Å². The van der Waals surface area contributed by atoms with Crippen LogP contribution in [0.4, 0.5) is 0 Å². The number of rotatable bonds is 1. The van der Waals surface area contributed by atoms with Crippen LogP contribution in [0.3, 0.4) is 0 Å². The van der Waals surface area contributed by atoms with Crippen LogP contribution in [0.15, 0.2) is 36.0 Å². The molecule has 2 aliphatic carbocycles. The molecule has 6 aliphatic rings. The highest BCUT2D eigenvalue weighted by molar-refractivity contribution is 5.84. The van der Waals surface area contributed by atoms with Crippen molar-refractivity contribution in [3.05, 3.63) is 36.0 Å². The summed E-state index contributed by atoms with van der Waals surface area (Å²) in [7, 11) is 2.08. The van der Waals surface area contributed by atoms with Gasteiger partial charge in [0.2, 0.25) is 0 Å². The summed E-state index contributed by atoms with van der Waals surface area (Å²) in [6, 6.07) is -0.473. The standard InChI is InChI=1S/C32H44N2O8/c1-21-9-11-31-19-39-29(37)28(34-14-12-33(4)13-15-34)22(2)10-16-38-26(35)7-5-6-8-27(36)42-23-18-25(41-24(31)17-21)32(20-40-32)30(23,31)3/h5-8,17,22-25,28H,9-16,18-20H2,1-4H3/b7-5+,8-6-/t22-,23-,24-,25-,28-,30-,31-,32+/m1/s1. The zero-order chi connectivity index (χ0) is 29.7. The fraction of sp³-hybridized carbons (Fsp3) is 0.719. The van der Waals surface area contributed by atoms with Crippen molar-refractivity contribution in [1.82, 2.24) is 9.80 Å². The molecule has 6 rings (SSSR count). The minimum absolute atomic E-state index is 0.0980. The summed E-state index contributed by atoms with van der Waals surface area (Å²) < 4.78 is 30.9. The Morgan fingerprint density at radius 1 is 0.952 bits per heavy atom. The highest BCUT2D eigenvalue weighted by atomic mass is 16.6. The van der Waals surface area contributed by atoms with Gasteiger partial charge in [-0.25, -0.2) is 9.59 Å². The molecule has 0 radical (unpaired) electrons. The highest BCUT2D eigenvalue weighted by Gasteiger charge is 2.83. The SMILES string of the molecule is CC1=C[C@H]2O[C@@H]3C[C@H]4OC(=O)/C=C\C=C\C(=O)OCC[C@@H](C)[C@@H](N5CCN(C)CC5)C(=O)OC[C@@]2(CC1)[C@]4(C)[C@]31CO1. The molecule has 2 bridgehead atoms. The molecule has 4 aliphatic heterocycles. The third-order valence-electron chi connectivity index (χ3n) is 11.1. The molecule has 0 amide bonds. The number of esters is 3. The average Bonchev–Trinajstić information content (AvgIpc) is 3.73. The van der Waals surface area contributed by atoms with E-state index in [1.165, 1.54) is 29.9 Å². The van der Waals surface area contributed by atoms with Crippen LogP contribution in [0.5, 0.6) is 0 Å². The summed E-state index contributed by atoms with van der Waals surface area (Å²) in [6.45, 7) is 10.4. The lowest BCUT2D eigenvalue weighted by Crippen LogP contribution is -2.67. The van der Waals surface area contributed by atoms with Gasteiger partial charge in [0.25, 0.3) is 0 Å². The van der Waals surface area contributed by atoms with Gasteiger partial charge in [-0.15, -0.1) is 0 Å². The van der Waals surface area contributed by atoms with Gasteiger partial charge in [0, 0.05) is 50.2 Å². The molecule has 10 heteroatoms. The topological polar surface area (TPSA) is 107 Å². The number of likely N-dealkylation sites (N-methyl/N-ethyl adjacent to an activating group) is 1. The number of hydrogen-bond acceptors (Lipinski definition) is 10. The molecule has 0 N–H and O–H groups in total. The lowest BCUT2D eigenvalue weighted by atomic mass is 9.51. The van der Waals surface area contributed by atoms with Gasteiger partial charge in [-0.3, -0.25) is 9.69 Å². The quantitative estimate of drug-likeness (QED) is 0.197. The van der Waals surface area contributed by atoms with Crippen LogP contribution >= 0.6 is 0 Å². The summed E-state index contributed by atoms with van der Waals surface area (Å²) in [5.74, 6) is -1.38. The van der Waals surface area contributed by atoms with Gasteiger partial charge < -0.3 is 28.6 Å². The maximum atomic E-state index is 14.1. The predicted octanol–water partition coefficient (Wildman–Crippen LogP) is 2.43. The molecule has 4 heterocycles. The molecule has 0 aromatic rings. The molecular formula is C32H44N2O8. The van der Waals surface area contributed by atoms with Crippen molar-refractivity contribution in [2.45, 2.75) is 76.4 Å². The number of ether oxygens (including phenoxy) is 5. The second-order valence-corrected chi connectivity index (χ2v) is 13.3. The number of nitrogens with zero attached hydrogens (tertiary/aromatic N) is 2. The molecule has 0 aromatic carbocycles. The third-order valence-corrected chi connectivity index (χ3v) is 11.1. The first-order valence-electron chi connectivity index (χ1n) is 15.4. The van der Waals surface area contributed by atoms with Crippen LogP contribution in [-0.4, -0.2) is 111 Å². The highest BCUT2D eigenvalue weighted by Crippen LogP contribution is 2.72. The molecule has 3 saturated heterocycles. The van der Waals surface area contributed by atoms with E-state index in [2.05, 4.69) is 36.8 Å². The Labute approximate surface area is 248 Å². The average molecular weight is 585 g/mol. The number of epoxide rings is 1. The number of carbonyl (C=O) groups excluding carboxylic acids is 3. The second-order valence-electron chi connectivity index (χ2n) is 13.3. The van der Waals surface area contributed by atoms with Gasteiger partial charge in [-0.1, -0.05) is 37.6 Å². The van der Waals surface area contributed by atoms with Crippen molar-refractivity contribution in [2.75, 3.05) is 53.0 Å². The van der Waals surface area contributed by atoms with Gasteiger partial charge in [0.15, 0.2) is 0 Å². The molecule has 42 heavy (non-hydrogen) atoms. The third kappa shape index (κ3) is 4.84. The Balaban J connectivity index is 1.37. The Bertz CT molecular complexity index is 1180. The summed E-state index contributed by atoms with van der Waals surface area (Å²) in [6.07, 6.45) is 9.36. The summed E-state index contributed by atoms with van der Waals surface area (Å²) >= 11 is 0. The van der Waals surface area contributed by atoms with E-state index >= 15 is 0 Å². The molecule has 4 fully saturated rings. The Hall–Kier alpha value is -2.53. The molecule has 1 saturated carbocycles. The van der Waals surface area contributed by atoms with E-state index in [0.717, 1.165) is 39.0 Å². The zero-order valence-electron chi connectivity index (χ0n) is 25.2. The fourth-order valence-corrected chi connectivity index (χ4v) is 8.26. The molecule has 230 valence electrons. The Kier molecular flexibility index (Phi) is 7.87. The monoisotopic (exact) mass is 584 g/mol. The lowest BCUT2D eigenvalue weighted by Gasteiger charge is -2.58. The summed E-state index contributed by atoms with van der Waals surface area (Å²) in [4.78, 5) is 43.8. The fourth-order valence-electron chi connectivity index (χ4n) is 8.26. The largest absolute Gasteiger partial charge is 0.464 e. The number of piperazine rings is 1. The van der Waals surface area contributed by atoms with Crippen molar-refractivity contribution < 1.29 is 38.1 Å². The van der Waals surface area contributed by atoms with Crippen LogP contribution < -0.4 is 0 Å². The van der Waals surface area contributed by atoms with Crippen LogP contribution in [0, 0.1) is 16.7 Å². The van der Waals surface area contributed by atoms with Crippen molar-refractivity contribution in [2.24, 2.45) is 16.7 Å². The van der Waals surface area contributed by atoms with E-state index in [0.29, 0.717) is 19.4 Å². The smallest absolute Gasteiger partial charge is 0.331 e. The maximum Gasteiger partial charge on any atom is 0.331 e. The van der Waals surface area contributed by atoms with Crippen molar-refractivity contribution in [3.8, 4) is 0 Å². The van der Waals surface area contributed by atoms with Gasteiger partial charge in [-0.05, 0) is 39.2 Å². The maximum absolute atomic E-state index is 14.1. The van der Waals surface area contributed by atoms with E-state index in [4.69, 9.17) is 23.7 Å². The van der Waals surface area contributed by atoms with E-state index in [-0.39, 0.29) is 37.3 Å². The first kappa shape index (κ1) is 29.5. The van der Waals surface area contributed by atoms with Crippen molar-refractivity contribution >= 4 is 17.9 Å². The number of cyclic esters (lactones) is 2. The molecule has 10 nitrogen and oxygen atoms in total. The molecule has 0 unspecified atom stereocenters. The van der Waals surface area contributed by atoms with Gasteiger partial charge >= 0.3 is 17.9 Å². The molecule has 0 aromatic heterocycles. The first-order valence-corrected chi connectivity index (χ1v) is 15.4. The summed E-state index contributed by atoms with van der Waals surface area (Å²) in [5, 5.41) is 0. The second kappa shape index (κ2) is 11.2. The van der Waals surface area contributed by atoms with Gasteiger partial charge in [0.1, 0.15) is 24.4 Å². The van der Waals surface area contributed by atoms with Crippen molar-refractivity contribution in [3.63, 3.8) is 0 Å². The summed E-state index contributed by atoms with van der Waals surface area (Å²) in [5.41, 5.74) is -0.599.